The lowest BCUT2D eigenvalue weighted by molar-refractivity contribution is 0.282. The van der Waals surface area contributed by atoms with Crippen LogP contribution in [0.1, 0.15) is 30.4 Å². The Labute approximate surface area is 97.0 Å². The van der Waals surface area contributed by atoms with E-state index in [1.807, 2.05) is 12.1 Å². The summed E-state index contributed by atoms with van der Waals surface area (Å²) >= 11 is 0. The summed E-state index contributed by atoms with van der Waals surface area (Å²) in [5.41, 5.74) is 2.26. The van der Waals surface area contributed by atoms with Crippen molar-refractivity contribution in [2.24, 2.45) is 0 Å². The van der Waals surface area contributed by atoms with Gasteiger partial charge in [-0.05, 0) is 30.4 Å². The Morgan fingerprint density at radius 2 is 1.88 bits per heavy atom. The molecule has 1 aliphatic carbocycles. The largest absolute Gasteiger partial charge is 0.392 e. The van der Waals surface area contributed by atoms with Crippen molar-refractivity contribution in [3.8, 4) is 0 Å². The van der Waals surface area contributed by atoms with Crippen LogP contribution in [-0.2, 0) is 13.2 Å². The van der Waals surface area contributed by atoms with Crippen LogP contribution in [0, 0.1) is 0 Å². The molecule has 1 aromatic carbocycles. The van der Waals surface area contributed by atoms with E-state index in [0.29, 0.717) is 6.04 Å². The molecule has 0 saturated carbocycles. The van der Waals surface area contributed by atoms with E-state index in [2.05, 4.69) is 29.6 Å². The van der Waals surface area contributed by atoms with E-state index in [0.717, 1.165) is 18.5 Å². The highest BCUT2D eigenvalue weighted by Gasteiger charge is 2.08. The number of benzene rings is 1. The van der Waals surface area contributed by atoms with Crippen molar-refractivity contribution in [3.63, 3.8) is 0 Å². The lowest BCUT2D eigenvalue weighted by Crippen LogP contribution is -2.29. The van der Waals surface area contributed by atoms with E-state index in [1.165, 1.54) is 18.4 Å². The first kappa shape index (κ1) is 11.4. The maximum Gasteiger partial charge on any atom is 0.0681 e. The number of hydrogen-bond acceptors (Lipinski definition) is 2. The van der Waals surface area contributed by atoms with Crippen LogP contribution >= 0.6 is 0 Å². The first-order valence-electron chi connectivity index (χ1n) is 5.95. The minimum Gasteiger partial charge on any atom is -0.392 e. The molecular formula is C14H19NO. The Balaban J connectivity index is 1.82. The highest BCUT2D eigenvalue weighted by molar-refractivity contribution is 5.21. The van der Waals surface area contributed by atoms with Crippen molar-refractivity contribution in [2.75, 3.05) is 0 Å². The monoisotopic (exact) mass is 217 g/mol. The summed E-state index contributed by atoms with van der Waals surface area (Å²) < 4.78 is 0. The Morgan fingerprint density at radius 3 is 2.50 bits per heavy atom. The minimum atomic E-state index is 0.126. The Bertz CT molecular complexity index is 342. The first-order chi connectivity index (χ1) is 7.88. The highest BCUT2D eigenvalue weighted by atomic mass is 16.3. The van der Waals surface area contributed by atoms with Crippen molar-refractivity contribution >= 4 is 0 Å². The van der Waals surface area contributed by atoms with E-state index in [-0.39, 0.29) is 6.61 Å². The molecule has 0 bridgehead atoms. The van der Waals surface area contributed by atoms with Gasteiger partial charge in [0.05, 0.1) is 6.61 Å². The van der Waals surface area contributed by atoms with Crippen molar-refractivity contribution in [2.45, 2.75) is 38.5 Å². The van der Waals surface area contributed by atoms with Gasteiger partial charge in [0.15, 0.2) is 0 Å². The summed E-state index contributed by atoms with van der Waals surface area (Å²) in [6.07, 6.45) is 8.10. The summed E-state index contributed by atoms with van der Waals surface area (Å²) in [6, 6.07) is 8.76. The molecule has 2 rings (SSSR count). The zero-order valence-electron chi connectivity index (χ0n) is 9.52. The number of aliphatic hydroxyl groups is 1. The molecule has 2 heteroatoms. The molecule has 1 unspecified atom stereocenters. The minimum absolute atomic E-state index is 0.126. The molecule has 0 amide bonds. The fraction of sp³-hybridized carbons (Fsp3) is 0.429. The number of allylic oxidation sites excluding steroid dienone is 1. The normalized spacial score (nSPS) is 19.9. The second-order valence-electron chi connectivity index (χ2n) is 4.34. The third kappa shape index (κ3) is 3.19. The topological polar surface area (TPSA) is 32.3 Å². The molecule has 0 fully saturated rings. The van der Waals surface area contributed by atoms with Crippen molar-refractivity contribution < 1.29 is 5.11 Å². The molecule has 16 heavy (non-hydrogen) atoms. The third-order valence-electron chi connectivity index (χ3n) is 3.07. The van der Waals surface area contributed by atoms with Gasteiger partial charge in [0.2, 0.25) is 0 Å². The second-order valence-corrected chi connectivity index (χ2v) is 4.34. The van der Waals surface area contributed by atoms with Crippen LogP contribution in [0.25, 0.3) is 0 Å². The predicted octanol–water partition coefficient (Wildman–Crippen LogP) is 2.38. The fourth-order valence-electron chi connectivity index (χ4n) is 2.00. The highest BCUT2D eigenvalue weighted by Crippen LogP contribution is 2.11. The summed E-state index contributed by atoms with van der Waals surface area (Å²) in [6.45, 7) is 1.05. The Kier molecular flexibility index (Phi) is 4.14. The van der Waals surface area contributed by atoms with Crippen molar-refractivity contribution in [1.82, 2.24) is 5.32 Å². The van der Waals surface area contributed by atoms with Crippen LogP contribution in [0.15, 0.2) is 36.4 Å². The number of rotatable bonds is 4. The maximum absolute atomic E-state index is 8.94. The summed E-state index contributed by atoms with van der Waals surface area (Å²) in [4.78, 5) is 0. The van der Waals surface area contributed by atoms with Gasteiger partial charge in [0, 0.05) is 12.6 Å². The molecule has 1 aromatic rings. The molecule has 0 heterocycles. The van der Waals surface area contributed by atoms with Crippen LogP contribution in [-0.4, -0.2) is 11.1 Å². The van der Waals surface area contributed by atoms with Gasteiger partial charge in [-0.25, -0.2) is 0 Å². The third-order valence-corrected chi connectivity index (χ3v) is 3.07. The lowest BCUT2D eigenvalue weighted by Gasteiger charge is -2.19. The van der Waals surface area contributed by atoms with Crippen molar-refractivity contribution in [1.29, 1.82) is 0 Å². The van der Waals surface area contributed by atoms with E-state index in [4.69, 9.17) is 5.11 Å². The van der Waals surface area contributed by atoms with Crippen LogP contribution < -0.4 is 5.32 Å². The average molecular weight is 217 g/mol. The number of aliphatic hydroxyl groups excluding tert-OH is 1. The second kappa shape index (κ2) is 5.83. The van der Waals surface area contributed by atoms with Gasteiger partial charge in [0.1, 0.15) is 0 Å². The molecule has 0 aliphatic heterocycles. The SMILES string of the molecule is OCc1ccc(CNC2CC=CCC2)cc1. The molecule has 2 nitrogen and oxygen atoms in total. The Morgan fingerprint density at radius 1 is 1.12 bits per heavy atom. The number of nitrogens with one attached hydrogen (secondary N) is 1. The number of hydrogen-bond donors (Lipinski definition) is 2. The summed E-state index contributed by atoms with van der Waals surface area (Å²) in [5, 5.41) is 12.5. The van der Waals surface area contributed by atoms with Crippen LogP contribution in [0.2, 0.25) is 0 Å². The van der Waals surface area contributed by atoms with E-state index >= 15 is 0 Å². The predicted molar refractivity (Wildman–Crippen MR) is 66.0 cm³/mol. The summed E-state index contributed by atoms with van der Waals surface area (Å²) in [5.74, 6) is 0. The van der Waals surface area contributed by atoms with Gasteiger partial charge in [-0.1, -0.05) is 36.4 Å². The van der Waals surface area contributed by atoms with Gasteiger partial charge in [-0.3, -0.25) is 0 Å². The van der Waals surface area contributed by atoms with Crippen LogP contribution in [0.5, 0.6) is 0 Å². The molecule has 1 aliphatic rings. The molecule has 0 aromatic heterocycles. The lowest BCUT2D eigenvalue weighted by atomic mass is 10.0. The quantitative estimate of drug-likeness (QED) is 0.759. The van der Waals surface area contributed by atoms with Gasteiger partial charge >= 0.3 is 0 Å². The van der Waals surface area contributed by atoms with Crippen molar-refractivity contribution in [3.05, 3.63) is 47.5 Å². The molecule has 86 valence electrons. The van der Waals surface area contributed by atoms with E-state index in [1.54, 1.807) is 0 Å². The Hall–Kier alpha value is -1.12. The maximum atomic E-state index is 8.94. The van der Waals surface area contributed by atoms with Crippen LogP contribution in [0.3, 0.4) is 0 Å². The summed E-state index contributed by atoms with van der Waals surface area (Å²) in [7, 11) is 0. The van der Waals surface area contributed by atoms with E-state index < -0.39 is 0 Å². The zero-order chi connectivity index (χ0) is 11.2. The molecular weight excluding hydrogens is 198 g/mol. The molecule has 1 atom stereocenters. The average Bonchev–Trinajstić information content (AvgIpc) is 2.38. The zero-order valence-corrected chi connectivity index (χ0v) is 9.52. The van der Waals surface area contributed by atoms with E-state index in [9.17, 15) is 0 Å². The smallest absolute Gasteiger partial charge is 0.0681 e. The van der Waals surface area contributed by atoms with Gasteiger partial charge in [-0.15, -0.1) is 0 Å². The molecule has 0 spiro atoms. The molecule has 0 radical (unpaired) electrons. The van der Waals surface area contributed by atoms with Gasteiger partial charge < -0.3 is 10.4 Å². The molecule has 0 saturated heterocycles. The standard InChI is InChI=1S/C14H19NO/c16-11-13-8-6-12(7-9-13)10-15-14-4-2-1-3-5-14/h1-2,6-9,14-16H,3-5,10-11H2. The van der Waals surface area contributed by atoms with Crippen LogP contribution in [0.4, 0.5) is 0 Å². The fourth-order valence-corrected chi connectivity index (χ4v) is 2.00. The van der Waals surface area contributed by atoms with Gasteiger partial charge in [-0.2, -0.15) is 0 Å². The first-order valence-corrected chi connectivity index (χ1v) is 5.95. The van der Waals surface area contributed by atoms with Gasteiger partial charge in [0.25, 0.3) is 0 Å². The molecule has 2 N–H and O–H groups in total.